The first kappa shape index (κ1) is 22.7. The minimum Gasteiger partial charge on any atom is -0.292 e. The van der Waals surface area contributed by atoms with Crippen molar-refractivity contribution >= 4 is 35.2 Å². The molecule has 9 nitrogen and oxygen atoms in total. The molecule has 3 aromatic rings. The second kappa shape index (κ2) is 8.16. The van der Waals surface area contributed by atoms with Crippen molar-refractivity contribution < 1.29 is 23.7 Å². The first-order valence-electron chi connectivity index (χ1n) is 11.6. The van der Waals surface area contributed by atoms with Gasteiger partial charge in [-0.3, -0.25) is 29.5 Å². The Balaban J connectivity index is 1.51. The van der Waals surface area contributed by atoms with Gasteiger partial charge in [0.15, 0.2) is 5.78 Å². The number of non-ortho nitro benzene ring substituents is 1. The topological polar surface area (TPSA) is 113 Å². The monoisotopic (exact) mass is 498 g/mol. The molecule has 37 heavy (non-hydrogen) atoms. The molecule has 3 aromatic carbocycles. The fourth-order valence-electron chi connectivity index (χ4n) is 5.64. The summed E-state index contributed by atoms with van der Waals surface area (Å²) in [6.07, 6.45) is 1.59. The molecule has 0 N–H and O–H groups in total. The Morgan fingerprint density at radius 1 is 1.00 bits per heavy atom. The molecule has 3 aliphatic rings. The van der Waals surface area contributed by atoms with Crippen LogP contribution in [0.2, 0.25) is 0 Å². The van der Waals surface area contributed by atoms with Crippen LogP contribution in [0.1, 0.15) is 33.1 Å². The van der Waals surface area contributed by atoms with E-state index in [0.29, 0.717) is 5.56 Å². The predicted octanol–water partition coefficient (Wildman–Crippen LogP) is 3.80. The van der Waals surface area contributed by atoms with Gasteiger partial charge in [-0.05, 0) is 47.9 Å². The molecule has 6 rings (SSSR count). The van der Waals surface area contributed by atoms with Crippen LogP contribution in [0.5, 0.6) is 0 Å². The number of nitro benzene ring substituents is 1. The number of aryl methyl sites for hydroxylation is 1. The second-order valence-corrected chi connectivity index (χ2v) is 9.31. The van der Waals surface area contributed by atoms with Crippen LogP contribution in [0.25, 0.3) is 0 Å². The smallest absolute Gasteiger partial charge is 0.271 e. The highest BCUT2D eigenvalue weighted by molar-refractivity contribution is 6.25. The molecule has 3 aliphatic heterocycles. The number of amides is 2. The van der Waals surface area contributed by atoms with Crippen molar-refractivity contribution in [2.24, 2.45) is 16.9 Å². The van der Waals surface area contributed by atoms with Crippen LogP contribution in [0, 0.1) is 34.7 Å². The van der Waals surface area contributed by atoms with Crippen molar-refractivity contribution in [2.75, 3.05) is 4.90 Å². The number of carbonyl (C=O) groups is 3. The van der Waals surface area contributed by atoms with E-state index < -0.39 is 52.3 Å². The molecule has 0 bridgehead atoms. The quantitative estimate of drug-likeness (QED) is 0.234. The fraction of sp³-hybridized carbons (Fsp3) is 0.185. The third-order valence-corrected chi connectivity index (χ3v) is 7.33. The molecule has 10 heteroatoms. The Morgan fingerprint density at radius 3 is 2.43 bits per heavy atom. The van der Waals surface area contributed by atoms with E-state index in [4.69, 9.17) is 0 Å². The molecule has 3 heterocycles. The van der Waals surface area contributed by atoms with Crippen LogP contribution >= 0.6 is 0 Å². The third-order valence-electron chi connectivity index (χ3n) is 7.33. The van der Waals surface area contributed by atoms with Gasteiger partial charge in [-0.25, -0.2) is 9.29 Å². The summed E-state index contributed by atoms with van der Waals surface area (Å²) in [5.41, 5.74) is 2.07. The highest BCUT2D eigenvalue weighted by atomic mass is 19.1. The van der Waals surface area contributed by atoms with E-state index in [1.54, 1.807) is 13.1 Å². The van der Waals surface area contributed by atoms with Crippen LogP contribution in [-0.4, -0.2) is 39.8 Å². The first-order chi connectivity index (χ1) is 17.8. The van der Waals surface area contributed by atoms with Gasteiger partial charge >= 0.3 is 0 Å². The maximum atomic E-state index is 13.9. The number of rotatable bonds is 4. The molecule has 2 fully saturated rings. The number of benzene rings is 3. The third kappa shape index (κ3) is 3.29. The standard InChI is InChI=1S/C27H19FN4O5/c1-14-6-11-18(32(36)37)12-20(14)30-26(34)21-22(27(30)35)24(25(33)15-7-9-17(28)10-8-15)31-23(21)19-5-3-2-4-16(19)13-29-31/h2-13,21-24H,1H3/t21-,22+,23?,24-/m1/s1. The van der Waals surface area contributed by atoms with Crippen molar-refractivity contribution in [3.63, 3.8) is 0 Å². The summed E-state index contributed by atoms with van der Waals surface area (Å²) in [6.45, 7) is 1.65. The van der Waals surface area contributed by atoms with Crippen molar-refractivity contribution in [2.45, 2.75) is 19.0 Å². The number of nitro groups is 1. The van der Waals surface area contributed by atoms with Gasteiger partial charge in [-0.15, -0.1) is 0 Å². The molecule has 0 aliphatic carbocycles. The van der Waals surface area contributed by atoms with Crippen LogP contribution in [-0.2, 0) is 9.59 Å². The molecule has 2 amide bonds. The molecule has 0 spiro atoms. The van der Waals surface area contributed by atoms with Crippen LogP contribution < -0.4 is 4.90 Å². The maximum Gasteiger partial charge on any atom is 0.271 e. The number of Topliss-reactive ketones (excluding diaryl/α,β-unsaturated/α-hetero) is 1. The van der Waals surface area contributed by atoms with Gasteiger partial charge in [-0.1, -0.05) is 30.3 Å². The number of carbonyl (C=O) groups excluding carboxylic acids is 3. The van der Waals surface area contributed by atoms with Crippen LogP contribution in [0.3, 0.4) is 0 Å². The van der Waals surface area contributed by atoms with E-state index in [1.165, 1.54) is 35.3 Å². The predicted molar refractivity (Wildman–Crippen MR) is 130 cm³/mol. The summed E-state index contributed by atoms with van der Waals surface area (Å²) in [6, 6.07) is 14.5. The Labute approximate surface area is 210 Å². The van der Waals surface area contributed by atoms with Crippen molar-refractivity contribution in [1.82, 2.24) is 5.01 Å². The summed E-state index contributed by atoms with van der Waals surface area (Å²) < 4.78 is 13.6. The lowest BCUT2D eigenvalue weighted by Gasteiger charge is -2.34. The lowest BCUT2D eigenvalue weighted by molar-refractivity contribution is -0.384. The van der Waals surface area contributed by atoms with E-state index in [-0.39, 0.29) is 16.9 Å². The number of ketones is 1. The number of hydrogen-bond donors (Lipinski definition) is 0. The summed E-state index contributed by atoms with van der Waals surface area (Å²) in [4.78, 5) is 53.4. The van der Waals surface area contributed by atoms with E-state index >= 15 is 0 Å². The Hall–Kier alpha value is -4.73. The number of nitrogens with zero attached hydrogens (tertiary/aromatic N) is 4. The van der Waals surface area contributed by atoms with Crippen molar-refractivity contribution in [3.8, 4) is 0 Å². The van der Waals surface area contributed by atoms with E-state index in [0.717, 1.165) is 28.2 Å². The van der Waals surface area contributed by atoms with E-state index in [2.05, 4.69) is 5.10 Å². The summed E-state index contributed by atoms with van der Waals surface area (Å²) in [5.74, 6) is -4.18. The van der Waals surface area contributed by atoms with Gasteiger partial charge in [0, 0.05) is 17.7 Å². The van der Waals surface area contributed by atoms with Gasteiger partial charge in [0.25, 0.3) is 5.69 Å². The number of hydrogen-bond acceptors (Lipinski definition) is 7. The molecule has 1 unspecified atom stereocenters. The minimum atomic E-state index is -1.12. The molecule has 0 aromatic heterocycles. The van der Waals surface area contributed by atoms with Gasteiger partial charge in [0.2, 0.25) is 11.8 Å². The zero-order valence-corrected chi connectivity index (χ0v) is 19.4. The van der Waals surface area contributed by atoms with E-state index in [1.807, 2.05) is 24.3 Å². The molecule has 0 radical (unpaired) electrons. The Bertz CT molecular complexity index is 1540. The number of fused-ring (bicyclic) bond motifs is 5. The lowest BCUT2D eigenvalue weighted by Crippen LogP contribution is -2.44. The van der Waals surface area contributed by atoms with Gasteiger partial charge in [0.05, 0.1) is 34.7 Å². The van der Waals surface area contributed by atoms with Crippen LogP contribution in [0.15, 0.2) is 71.8 Å². The van der Waals surface area contributed by atoms with Gasteiger partial charge < -0.3 is 0 Å². The zero-order valence-electron chi connectivity index (χ0n) is 19.4. The number of hydrazone groups is 1. The number of anilines is 1. The largest absolute Gasteiger partial charge is 0.292 e. The highest BCUT2D eigenvalue weighted by Gasteiger charge is 2.65. The fourth-order valence-corrected chi connectivity index (χ4v) is 5.64. The molecule has 0 saturated carbocycles. The molecule has 2 saturated heterocycles. The first-order valence-corrected chi connectivity index (χ1v) is 11.6. The van der Waals surface area contributed by atoms with Gasteiger partial charge in [-0.2, -0.15) is 5.10 Å². The number of imide groups is 1. The average Bonchev–Trinajstić information content (AvgIpc) is 3.37. The number of halogens is 1. The van der Waals surface area contributed by atoms with Crippen molar-refractivity contribution in [3.05, 3.63) is 105 Å². The Morgan fingerprint density at radius 2 is 1.70 bits per heavy atom. The molecular weight excluding hydrogens is 479 g/mol. The summed E-state index contributed by atoms with van der Waals surface area (Å²) >= 11 is 0. The zero-order chi connectivity index (χ0) is 26.0. The van der Waals surface area contributed by atoms with Crippen molar-refractivity contribution in [1.29, 1.82) is 0 Å². The SMILES string of the molecule is Cc1ccc([N+](=O)[O-])cc1N1C(=O)[C@H]2[C@@H](C1=O)C1c3ccccc3C=NN1[C@H]2C(=O)c1ccc(F)cc1. The normalized spacial score (nSPS) is 23.6. The van der Waals surface area contributed by atoms with Crippen LogP contribution in [0.4, 0.5) is 15.8 Å². The lowest BCUT2D eigenvalue weighted by atomic mass is 9.83. The summed E-state index contributed by atoms with van der Waals surface area (Å²) in [5, 5.41) is 17.4. The average molecular weight is 498 g/mol. The highest BCUT2D eigenvalue weighted by Crippen LogP contribution is 2.53. The van der Waals surface area contributed by atoms with E-state index in [9.17, 15) is 28.9 Å². The summed E-state index contributed by atoms with van der Waals surface area (Å²) in [7, 11) is 0. The minimum absolute atomic E-state index is 0.116. The molecule has 4 atom stereocenters. The maximum absolute atomic E-state index is 13.9. The second-order valence-electron chi connectivity index (χ2n) is 9.31. The molecule has 184 valence electrons. The van der Waals surface area contributed by atoms with Gasteiger partial charge in [0.1, 0.15) is 11.9 Å². The Kier molecular flexibility index (Phi) is 5.01. The molecular formula is C27H19FN4O5.